The summed E-state index contributed by atoms with van der Waals surface area (Å²) in [5.74, 6) is 0. The van der Waals surface area contributed by atoms with E-state index in [-0.39, 0.29) is 0 Å². The third-order valence-electron chi connectivity index (χ3n) is 3.83. The van der Waals surface area contributed by atoms with Gasteiger partial charge in [0.1, 0.15) is 12.1 Å². The monoisotopic (exact) mass is 331 g/mol. The molecular formula is C18H25N3O3. The molecule has 0 spiro atoms. The summed E-state index contributed by atoms with van der Waals surface area (Å²) in [6.07, 6.45) is 0.546. The highest BCUT2D eigenvalue weighted by molar-refractivity contribution is 5.24. The van der Waals surface area contributed by atoms with Crippen LogP contribution in [-0.2, 0) is 20.7 Å². The van der Waals surface area contributed by atoms with Crippen molar-refractivity contribution >= 4 is 0 Å². The molecule has 0 aromatic heterocycles. The third-order valence-corrected chi connectivity index (χ3v) is 3.83. The van der Waals surface area contributed by atoms with Crippen molar-refractivity contribution < 1.29 is 14.3 Å². The number of likely N-dealkylation sites (N-methyl/N-ethyl adjacent to an activating group) is 1. The molecule has 0 bridgehead atoms. The van der Waals surface area contributed by atoms with Crippen LogP contribution in [0.4, 0.5) is 0 Å². The SMILES string of the molecule is CCOC(C)OC(C#N)(C#N)C(CCc1ccccc1)N(C)OC. The Kier molecular flexibility index (Phi) is 8.39. The van der Waals surface area contributed by atoms with E-state index < -0.39 is 17.9 Å². The van der Waals surface area contributed by atoms with Gasteiger partial charge in [0, 0.05) is 13.7 Å². The maximum atomic E-state index is 9.67. The first-order valence-electron chi connectivity index (χ1n) is 7.95. The van der Waals surface area contributed by atoms with Gasteiger partial charge in [0.2, 0.25) is 0 Å². The summed E-state index contributed by atoms with van der Waals surface area (Å²) in [7, 11) is 3.19. The van der Waals surface area contributed by atoms with Gasteiger partial charge in [-0.1, -0.05) is 30.3 Å². The number of aryl methyl sites for hydroxylation is 1. The van der Waals surface area contributed by atoms with Crippen LogP contribution in [0.1, 0.15) is 25.8 Å². The van der Waals surface area contributed by atoms with E-state index in [9.17, 15) is 10.5 Å². The van der Waals surface area contributed by atoms with Gasteiger partial charge in [0.05, 0.1) is 13.2 Å². The molecule has 2 unspecified atom stereocenters. The van der Waals surface area contributed by atoms with Crippen molar-refractivity contribution in [3.05, 3.63) is 35.9 Å². The number of nitrogens with zero attached hydrogens (tertiary/aromatic N) is 3. The van der Waals surface area contributed by atoms with Crippen LogP contribution in [0.25, 0.3) is 0 Å². The van der Waals surface area contributed by atoms with Crippen LogP contribution < -0.4 is 0 Å². The van der Waals surface area contributed by atoms with Crippen LogP contribution >= 0.6 is 0 Å². The van der Waals surface area contributed by atoms with Gasteiger partial charge in [-0.2, -0.15) is 15.6 Å². The van der Waals surface area contributed by atoms with E-state index in [0.29, 0.717) is 19.4 Å². The number of hydrogen-bond donors (Lipinski definition) is 0. The zero-order valence-electron chi connectivity index (χ0n) is 14.7. The fraction of sp³-hybridized carbons (Fsp3) is 0.556. The highest BCUT2D eigenvalue weighted by Gasteiger charge is 2.45. The van der Waals surface area contributed by atoms with Crippen molar-refractivity contribution in [2.75, 3.05) is 20.8 Å². The topological polar surface area (TPSA) is 78.5 Å². The average molecular weight is 331 g/mol. The van der Waals surface area contributed by atoms with Gasteiger partial charge in [0.15, 0.2) is 6.29 Å². The molecule has 0 heterocycles. The van der Waals surface area contributed by atoms with Crippen molar-refractivity contribution in [3.8, 4) is 12.1 Å². The van der Waals surface area contributed by atoms with Crippen LogP contribution in [0.3, 0.4) is 0 Å². The number of hydrogen-bond acceptors (Lipinski definition) is 6. The van der Waals surface area contributed by atoms with Crippen molar-refractivity contribution in [3.63, 3.8) is 0 Å². The maximum Gasteiger partial charge on any atom is 0.261 e. The second-order valence-corrected chi connectivity index (χ2v) is 5.37. The van der Waals surface area contributed by atoms with E-state index >= 15 is 0 Å². The molecule has 0 amide bonds. The highest BCUT2D eigenvalue weighted by atomic mass is 16.7. The minimum atomic E-state index is -1.69. The third kappa shape index (κ3) is 5.30. The van der Waals surface area contributed by atoms with Crippen LogP contribution in [0.2, 0.25) is 0 Å². The Labute approximate surface area is 144 Å². The Morgan fingerprint density at radius 3 is 2.33 bits per heavy atom. The van der Waals surface area contributed by atoms with E-state index in [2.05, 4.69) is 0 Å². The lowest BCUT2D eigenvalue weighted by atomic mass is 9.91. The summed E-state index contributed by atoms with van der Waals surface area (Å²) in [6.45, 7) is 3.94. The summed E-state index contributed by atoms with van der Waals surface area (Å²) in [5.41, 5.74) is -0.566. The second-order valence-electron chi connectivity index (χ2n) is 5.37. The van der Waals surface area contributed by atoms with Crippen LogP contribution in [0, 0.1) is 22.7 Å². The molecular weight excluding hydrogens is 306 g/mol. The molecule has 0 radical (unpaired) electrons. The van der Waals surface area contributed by atoms with E-state index in [1.807, 2.05) is 49.4 Å². The Morgan fingerprint density at radius 2 is 1.83 bits per heavy atom. The fourth-order valence-electron chi connectivity index (χ4n) is 2.55. The van der Waals surface area contributed by atoms with E-state index in [1.54, 1.807) is 14.0 Å². The Balaban J connectivity index is 3.00. The summed E-state index contributed by atoms with van der Waals surface area (Å²) in [6, 6.07) is 13.4. The van der Waals surface area contributed by atoms with E-state index in [1.165, 1.54) is 12.2 Å². The first kappa shape index (κ1) is 20.1. The molecule has 0 aliphatic carbocycles. The molecule has 1 rings (SSSR count). The van der Waals surface area contributed by atoms with Crippen molar-refractivity contribution in [1.29, 1.82) is 10.5 Å². The lowest BCUT2D eigenvalue weighted by Crippen LogP contribution is -2.53. The lowest BCUT2D eigenvalue weighted by Gasteiger charge is -2.35. The zero-order valence-corrected chi connectivity index (χ0v) is 14.7. The molecule has 1 aromatic carbocycles. The molecule has 0 fully saturated rings. The molecule has 1 aromatic rings. The molecule has 0 saturated carbocycles. The van der Waals surface area contributed by atoms with Crippen molar-refractivity contribution in [1.82, 2.24) is 5.06 Å². The number of nitriles is 2. The number of ether oxygens (including phenoxy) is 2. The molecule has 0 aliphatic rings. The smallest absolute Gasteiger partial charge is 0.261 e. The first-order valence-corrected chi connectivity index (χ1v) is 7.95. The summed E-state index contributed by atoms with van der Waals surface area (Å²) >= 11 is 0. The predicted octanol–water partition coefficient (Wildman–Crippen LogP) is 2.67. The molecule has 6 heteroatoms. The molecule has 6 nitrogen and oxygen atoms in total. The Hall–Kier alpha value is -1.96. The first-order chi connectivity index (χ1) is 11.5. The normalized spacial score (nSPS) is 14.0. The highest BCUT2D eigenvalue weighted by Crippen LogP contribution is 2.26. The van der Waals surface area contributed by atoms with Crippen LogP contribution in [0.5, 0.6) is 0 Å². The Morgan fingerprint density at radius 1 is 1.21 bits per heavy atom. The summed E-state index contributed by atoms with van der Waals surface area (Å²) in [4.78, 5) is 5.26. The second kappa shape index (κ2) is 10.0. The van der Waals surface area contributed by atoms with E-state index in [4.69, 9.17) is 14.3 Å². The molecule has 0 aliphatic heterocycles. The number of rotatable bonds is 10. The van der Waals surface area contributed by atoms with Crippen molar-refractivity contribution in [2.24, 2.45) is 0 Å². The van der Waals surface area contributed by atoms with Gasteiger partial charge in [-0.25, -0.2) is 0 Å². The van der Waals surface area contributed by atoms with Crippen LogP contribution in [0.15, 0.2) is 30.3 Å². The summed E-state index contributed by atoms with van der Waals surface area (Å²) < 4.78 is 11.0. The van der Waals surface area contributed by atoms with Crippen LogP contribution in [-0.4, -0.2) is 43.8 Å². The minimum absolute atomic E-state index is 0.433. The van der Waals surface area contributed by atoms with Gasteiger partial charge in [-0.15, -0.1) is 0 Å². The zero-order chi connectivity index (χ0) is 18.0. The molecule has 24 heavy (non-hydrogen) atoms. The summed E-state index contributed by atoms with van der Waals surface area (Å²) in [5, 5.41) is 20.8. The quantitative estimate of drug-likeness (QED) is 0.484. The average Bonchev–Trinajstić information content (AvgIpc) is 2.61. The van der Waals surface area contributed by atoms with E-state index in [0.717, 1.165) is 5.56 Å². The van der Waals surface area contributed by atoms with Gasteiger partial charge < -0.3 is 14.3 Å². The minimum Gasteiger partial charge on any atom is -0.353 e. The van der Waals surface area contributed by atoms with Crippen molar-refractivity contribution in [2.45, 2.75) is 44.6 Å². The van der Waals surface area contributed by atoms with Gasteiger partial charge in [-0.05, 0) is 32.3 Å². The Bertz CT molecular complexity index is 551. The van der Waals surface area contributed by atoms with Gasteiger partial charge in [0.25, 0.3) is 5.60 Å². The lowest BCUT2D eigenvalue weighted by molar-refractivity contribution is -0.224. The number of hydroxylamine groups is 2. The molecule has 0 saturated heterocycles. The standard InChI is InChI=1S/C18H25N3O3/c1-5-23-15(2)24-18(13-19,14-20)17(21(3)22-4)12-11-16-9-7-6-8-10-16/h6-10,15,17H,5,11-12H2,1-4H3. The fourth-order valence-corrected chi connectivity index (χ4v) is 2.55. The maximum absolute atomic E-state index is 9.67. The molecule has 0 N–H and O–H groups in total. The molecule has 130 valence electrons. The van der Waals surface area contributed by atoms with Gasteiger partial charge >= 0.3 is 0 Å². The number of benzene rings is 1. The largest absolute Gasteiger partial charge is 0.353 e. The predicted molar refractivity (Wildman–Crippen MR) is 89.5 cm³/mol. The molecule has 2 atom stereocenters. The van der Waals surface area contributed by atoms with Gasteiger partial charge in [-0.3, -0.25) is 0 Å².